The summed E-state index contributed by atoms with van der Waals surface area (Å²) in [5.74, 6) is 0. The molecule has 0 aliphatic rings. The summed E-state index contributed by atoms with van der Waals surface area (Å²) in [7, 11) is 0. The van der Waals surface area contributed by atoms with E-state index >= 15 is 0 Å². The summed E-state index contributed by atoms with van der Waals surface area (Å²) < 4.78 is 1.08. The third-order valence-corrected chi connectivity index (χ3v) is 3.41. The molecule has 0 bridgehead atoms. The van der Waals surface area contributed by atoms with Gasteiger partial charge in [0.15, 0.2) is 0 Å². The molecule has 0 spiro atoms. The summed E-state index contributed by atoms with van der Waals surface area (Å²) >= 11 is 1.54. The molecule has 0 radical (unpaired) electrons. The van der Waals surface area contributed by atoms with E-state index < -0.39 is 6.09 Å². The number of fused-ring (bicyclic) bond motifs is 1. The van der Waals surface area contributed by atoms with Crippen molar-refractivity contribution < 1.29 is 9.90 Å². The Morgan fingerprint density at radius 1 is 1.53 bits per heavy atom. The number of amides is 1. The molecule has 17 heavy (non-hydrogen) atoms. The van der Waals surface area contributed by atoms with E-state index in [9.17, 15) is 4.79 Å². The third kappa shape index (κ3) is 2.55. The second kappa shape index (κ2) is 4.85. The van der Waals surface area contributed by atoms with Gasteiger partial charge in [0.2, 0.25) is 0 Å². The quantitative estimate of drug-likeness (QED) is 0.874. The standard InChI is InChI=1S/C12H10N2O2S/c13-6-9-7-17-11-2-1-8(5-10(9)11)3-4-14-12(15)16/h1-2,5,7,14H,3-4H2,(H,15,16). The number of carboxylic acid groups (broad SMARTS) is 1. The fraction of sp³-hybridized carbons (Fsp3) is 0.167. The van der Waals surface area contributed by atoms with Crippen molar-refractivity contribution in [2.45, 2.75) is 6.42 Å². The van der Waals surface area contributed by atoms with Crippen LogP contribution in [0.3, 0.4) is 0 Å². The average Bonchev–Trinajstić information content (AvgIpc) is 2.70. The SMILES string of the molecule is N#Cc1csc2ccc(CCNC(=O)O)cc12. The fourth-order valence-electron chi connectivity index (χ4n) is 1.63. The van der Waals surface area contributed by atoms with Crippen molar-refractivity contribution in [1.82, 2.24) is 5.32 Å². The van der Waals surface area contributed by atoms with Crippen LogP contribution in [0.15, 0.2) is 23.6 Å². The normalized spacial score (nSPS) is 10.1. The lowest BCUT2D eigenvalue weighted by atomic mass is 10.1. The zero-order valence-electron chi connectivity index (χ0n) is 8.93. The minimum atomic E-state index is -1.01. The van der Waals surface area contributed by atoms with Gasteiger partial charge in [-0.05, 0) is 24.1 Å². The monoisotopic (exact) mass is 246 g/mol. The number of hydrogen-bond acceptors (Lipinski definition) is 3. The second-order valence-electron chi connectivity index (χ2n) is 3.57. The Balaban J connectivity index is 2.19. The molecule has 0 saturated carbocycles. The molecule has 0 fully saturated rings. The molecule has 1 amide bonds. The molecule has 1 heterocycles. The third-order valence-electron chi connectivity index (χ3n) is 2.45. The predicted octanol–water partition coefficient (Wildman–Crippen LogP) is 2.58. The van der Waals surface area contributed by atoms with E-state index in [0.717, 1.165) is 15.6 Å². The van der Waals surface area contributed by atoms with Crippen LogP contribution in [0.5, 0.6) is 0 Å². The van der Waals surface area contributed by atoms with Crippen molar-refractivity contribution >= 4 is 27.5 Å². The van der Waals surface area contributed by atoms with E-state index in [1.165, 1.54) is 0 Å². The van der Waals surface area contributed by atoms with E-state index in [1.54, 1.807) is 11.3 Å². The summed E-state index contributed by atoms with van der Waals surface area (Å²) in [5.41, 5.74) is 1.71. The van der Waals surface area contributed by atoms with Gasteiger partial charge in [-0.3, -0.25) is 0 Å². The topological polar surface area (TPSA) is 73.1 Å². The Hall–Kier alpha value is -2.06. The number of benzene rings is 1. The molecule has 0 atom stereocenters. The van der Waals surface area contributed by atoms with Crippen molar-refractivity contribution in [3.05, 3.63) is 34.7 Å². The molecule has 5 heteroatoms. The second-order valence-corrected chi connectivity index (χ2v) is 4.48. The van der Waals surface area contributed by atoms with Gasteiger partial charge in [0.05, 0.1) is 5.56 Å². The number of thiophene rings is 1. The minimum Gasteiger partial charge on any atom is -0.465 e. The van der Waals surface area contributed by atoms with Gasteiger partial charge >= 0.3 is 6.09 Å². The maximum Gasteiger partial charge on any atom is 0.404 e. The molecule has 0 unspecified atom stereocenters. The number of nitriles is 1. The van der Waals surface area contributed by atoms with Gasteiger partial charge in [-0.1, -0.05) is 6.07 Å². The summed E-state index contributed by atoms with van der Waals surface area (Å²) in [6.45, 7) is 0.382. The van der Waals surface area contributed by atoms with E-state index in [-0.39, 0.29) is 0 Å². The predicted molar refractivity (Wildman–Crippen MR) is 66.3 cm³/mol. The van der Waals surface area contributed by atoms with Crippen LogP contribution in [0, 0.1) is 11.3 Å². The van der Waals surface area contributed by atoms with Crippen LogP contribution in [-0.2, 0) is 6.42 Å². The summed E-state index contributed by atoms with van der Waals surface area (Å²) in [5, 5.41) is 22.5. The maximum atomic E-state index is 10.3. The first-order valence-corrected chi connectivity index (χ1v) is 5.95. The fourth-order valence-corrected chi connectivity index (χ4v) is 2.50. The van der Waals surface area contributed by atoms with Gasteiger partial charge in [-0.25, -0.2) is 4.79 Å². The molecule has 0 saturated heterocycles. The van der Waals surface area contributed by atoms with Crippen molar-refractivity contribution in [2.24, 2.45) is 0 Å². The summed E-state index contributed by atoms with van der Waals surface area (Å²) in [6.07, 6.45) is -0.387. The van der Waals surface area contributed by atoms with Gasteiger partial charge in [-0.15, -0.1) is 11.3 Å². The molecule has 2 N–H and O–H groups in total. The number of rotatable bonds is 3. The molecule has 0 aliphatic heterocycles. The lowest BCUT2D eigenvalue weighted by Crippen LogP contribution is -2.23. The first kappa shape index (κ1) is 11.4. The van der Waals surface area contributed by atoms with Gasteiger partial charge in [0.25, 0.3) is 0 Å². The number of nitrogens with one attached hydrogen (secondary N) is 1. The zero-order valence-corrected chi connectivity index (χ0v) is 9.75. The van der Waals surface area contributed by atoms with Gasteiger partial charge in [-0.2, -0.15) is 5.26 Å². The molecule has 1 aromatic carbocycles. The van der Waals surface area contributed by atoms with Gasteiger partial charge in [0, 0.05) is 22.0 Å². The first-order chi connectivity index (χ1) is 8.20. The Labute approximate surface area is 102 Å². The van der Waals surface area contributed by atoms with E-state index in [4.69, 9.17) is 10.4 Å². The average molecular weight is 246 g/mol. The highest BCUT2D eigenvalue weighted by atomic mass is 32.1. The molecule has 4 nitrogen and oxygen atoms in total. The molecule has 86 valence electrons. The largest absolute Gasteiger partial charge is 0.465 e. The number of nitrogens with zero attached hydrogens (tertiary/aromatic N) is 1. The van der Waals surface area contributed by atoms with E-state index in [2.05, 4.69) is 11.4 Å². The number of hydrogen-bond donors (Lipinski definition) is 2. The Morgan fingerprint density at radius 3 is 3.06 bits per heavy atom. The zero-order chi connectivity index (χ0) is 12.3. The summed E-state index contributed by atoms with van der Waals surface area (Å²) in [6, 6.07) is 8.04. The highest BCUT2D eigenvalue weighted by molar-refractivity contribution is 7.17. The van der Waals surface area contributed by atoms with Crippen molar-refractivity contribution in [1.29, 1.82) is 5.26 Å². The lowest BCUT2D eigenvalue weighted by Gasteiger charge is -2.02. The van der Waals surface area contributed by atoms with Crippen LogP contribution in [-0.4, -0.2) is 17.7 Å². The van der Waals surface area contributed by atoms with E-state index in [0.29, 0.717) is 18.5 Å². The van der Waals surface area contributed by atoms with Crippen LogP contribution in [0.25, 0.3) is 10.1 Å². The van der Waals surface area contributed by atoms with Gasteiger partial charge in [0.1, 0.15) is 6.07 Å². The van der Waals surface area contributed by atoms with Crippen molar-refractivity contribution in [3.63, 3.8) is 0 Å². The molecule has 0 aliphatic carbocycles. The highest BCUT2D eigenvalue weighted by Crippen LogP contribution is 2.26. The highest BCUT2D eigenvalue weighted by Gasteiger charge is 2.04. The Kier molecular flexibility index (Phi) is 3.26. The van der Waals surface area contributed by atoms with Crippen molar-refractivity contribution in [3.8, 4) is 6.07 Å². The van der Waals surface area contributed by atoms with Crippen LogP contribution in [0.2, 0.25) is 0 Å². The van der Waals surface area contributed by atoms with Crippen LogP contribution < -0.4 is 5.32 Å². The van der Waals surface area contributed by atoms with Crippen LogP contribution in [0.1, 0.15) is 11.1 Å². The van der Waals surface area contributed by atoms with E-state index in [1.807, 2.05) is 23.6 Å². The lowest BCUT2D eigenvalue weighted by molar-refractivity contribution is 0.194. The maximum absolute atomic E-state index is 10.3. The molecular formula is C12H10N2O2S. The minimum absolute atomic E-state index is 0.382. The number of carbonyl (C=O) groups is 1. The van der Waals surface area contributed by atoms with Crippen molar-refractivity contribution in [2.75, 3.05) is 6.54 Å². The summed E-state index contributed by atoms with van der Waals surface area (Å²) in [4.78, 5) is 10.3. The van der Waals surface area contributed by atoms with Gasteiger partial charge < -0.3 is 10.4 Å². The van der Waals surface area contributed by atoms with Crippen LogP contribution >= 0.6 is 11.3 Å². The molecule has 2 aromatic rings. The smallest absolute Gasteiger partial charge is 0.404 e. The Morgan fingerprint density at radius 2 is 2.35 bits per heavy atom. The Bertz CT molecular complexity index is 598. The molecular weight excluding hydrogens is 236 g/mol. The molecule has 1 aromatic heterocycles. The van der Waals surface area contributed by atoms with Crippen LogP contribution in [0.4, 0.5) is 4.79 Å². The first-order valence-electron chi connectivity index (χ1n) is 5.07. The molecule has 2 rings (SSSR count).